The predicted octanol–water partition coefficient (Wildman–Crippen LogP) is 2.55. The maximum atomic E-state index is 10.5. The summed E-state index contributed by atoms with van der Waals surface area (Å²) in [6.45, 7) is 1.85. The quantitative estimate of drug-likeness (QED) is 0.839. The van der Waals surface area contributed by atoms with Gasteiger partial charge in [0.25, 0.3) is 0 Å². The molecule has 2 rings (SSSR count). The zero-order chi connectivity index (χ0) is 10.1. The van der Waals surface area contributed by atoms with Gasteiger partial charge in [-0.3, -0.25) is 4.79 Å². The Labute approximate surface area is 88.5 Å². The molecule has 72 valence electrons. The van der Waals surface area contributed by atoms with E-state index in [2.05, 4.69) is 25.9 Å². The monoisotopic (exact) mass is 254 g/mol. The Kier molecular flexibility index (Phi) is 2.25. The SMILES string of the molecule is Cc1ccc(-c2nc(C=O)[nH]c2Br)o1. The number of imidazole rings is 1. The molecule has 0 bridgehead atoms. The number of hydrogen-bond donors (Lipinski definition) is 1. The topological polar surface area (TPSA) is 58.9 Å². The largest absolute Gasteiger partial charge is 0.460 e. The molecule has 0 radical (unpaired) electrons. The molecule has 0 amide bonds. The Morgan fingerprint density at radius 2 is 2.36 bits per heavy atom. The van der Waals surface area contributed by atoms with Crippen LogP contribution in [0.4, 0.5) is 0 Å². The van der Waals surface area contributed by atoms with Gasteiger partial charge in [0, 0.05) is 0 Å². The van der Waals surface area contributed by atoms with Crippen LogP contribution in [0.25, 0.3) is 11.5 Å². The molecule has 0 aliphatic carbocycles. The molecule has 0 aliphatic rings. The number of nitrogens with one attached hydrogen (secondary N) is 1. The molecule has 4 nitrogen and oxygen atoms in total. The molecular weight excluding hydrogens is 248 g/mol. The van der Waals surface area contributed by atoms with Crippen LogP contribution in [0.15, 0.2) is 21.2 Å². The highest BCUT2D eigenvalue weighted by molar-refractivity contribution is 9.10. The maximum absolute atomic E-state index is 10.5. The van der Waals surface area contributed by atoms with Crippen LogP contribution in [0, 0.1) is 6.92 Å². The normalized spacial score (nSPS) is 10.4. The van der Waals surface area contributed by atoms with Crippen LogP contribution in [0.5, 0.6) is 0 Å². The molecule has 5 heteroatoms. The zero-order valence-corrected chi connectivity index (χ0v) is 8.96. The first-order valence-corrected chi connectivity index (χ1v) is 4.77. The second-order valence-electron chi connectivity index (χ2n) is 2.81. The van der Waals surface area contributed by atoms with E-state index in [4.69, 9.17) is 4.42 Å². The standard InChI is InChI=1S/C9H7BrN2O2/c1-5-2-3-6(14-5)8-9(10)12-7(4-13)11-8/h2-4H,1H3,(H,11,12). The van der Waals surface area contributed by atoms with Crippen LogP contribution in [0.2, 0.25) is 0 Å². The fourth-order valence-corrected chi connectivity index (χ4v) is 1.64. The molecule has 14 heavy (non-hydrogen) atoms. The lowest BCUT2D eigenvalue weighted by molar-refractivity contribution is 0.111. The molecule has 0 fully saturated rings. The molecule has 2 aromatic heterocycles. The van der Waals surface area contributed by atoms with Gasteiger partial charge in [0.05, 0.1) is 0 Å². The number of aryl methyl sites for hydroxylation is 1. The third-order valence-electron chi connectivity index (χ3n) is 1.76. The van der Waals surface area contributed by atoms with E-state index < -0.39 is 0 Å². The molecule has 0 unspecified atom stereocenters. The first-order chi connectivity index (χ1) is 6.70. The summed E-state index contributed by atoms with van der Waals surface area (Å²) < 4.78 is 6.03. The Morgan fingerprint density at radius 3 is 2.86 bits per heavy atom. The van der Waals surface area contributed by atoms with Crippen LogP contribution < -0.4 is 0 Å². The summed E-state index contributed by atoms with van der Waals surface area (Å²) in [5.74, 6) is 1.72. The summed E-state index contributed by atoms with van der Waals surface area (Å²) in [4.78, 5) is 17.3. The van der Waals surface area contributed by atoms with Crippen molar-refractivity contribution in [2.75, 3.05) is 0 Å². The molecule has 1 N–H and O–H groups in total. The fourth-order valence-electron chi connectivity index (χ4n) is 1.15. The Balaban J connectivity index is 2.50. The van der Waals surface area contributed by atoms with E-state index in [1.165, 1.54) is 0 Å². The van der Waals surface area contributed by atoms with Crippen LogP contribution in [-0.2, 0) is 0 Å². The number of aromatic amines is 1. The van der Waals surface area contributed by atoms with Gasteiger partial charge < -0.3 is 9.40 Å². The van der Waals surface area contributed by atoms with Gasteiger partial charge in [-0.05, 0) is 35.0 Å². The number of furan rings is 1. The number of carbonyl (C=O) groups excluding carboxylic acids is 1. The maximum Gasteiger partial charge on any atom is 0.185 e. The Bertz CT molecular complexity index is 473. The number of rotatable bonds is 2. The number of aldehydes is 1. The fraction of sp³-hybridized carbons (Fsp3) is 0.111. The molecule has 0 saturated heterocycles. The van der Waals surface area contributed by atoms with E-state index in [1.807, 2.05) is 19.1 Å². The second-order valence-corrected chi connectivity index (χ2v) is 3.61. The van der Waals surface area contributed by atoms with Gasteiger partial charge in [0.15, 0.2) is 17.9 Å². The van der Waals surface area contributed by atoms with Gasteiger partial charge in [-0.2, -0.15) is 0 Å². The third-order valence-corrected chi connectivity index (χ3v) is 2.34. The third kappa shape index (κ3) is 1.50. The number of H-pyrrole nitrogens is 1. The van der Waals surface area contributed by atoms with Crippen molar-refractivity contribution in [1.82, 2.24) is 9.97 Å². The minimum absolute atomic E-state index is 0.279. The van der Waals surface area contributed by atoms with Crippen molar-refractivity contribution in [1.29, 1.82) is 0 Å². The van der Waals surface area contributed by atoms with Crippen molar-refractivity contribution in [2.45, 2.75) is 6.92 Å². The Morgan fingerprint density at radius 1 is 1.57 bits per heavy atom. The van der Waals surface area contributed by atoms with Crippen molar-refractivity contribution in [3.63, 3.8) is 0 Å². The number of halogens is 1. The average molecular weight is 255 g/mol. The lowest BCUT2D eigenvalue weighted by Crippen LogP contribution is -1.80. The molecule has 2 aromatic rings. The lowest BCUT2D eigenvalue weighted by Gasteiger charge is -1.89. The molecular formula is C9H7BrN2O2. The summed E-state index contributed by atoms with van der Waals surface area (Å²) in [6.07, 6.45) is 0.657. The summed E-state index contributed by atoms with van der Waals surface area (Å²) in [5, 5.41) is 0. The highest BCUT2D eigenvalue weighted by atomic mass is 79.9. The van der Waals surface area contributed by atoms with Gasteiger partial charge in [-0.15, -0.1) is 0 Å². The number of hydrogen-bond acceptors (Lipinski definition) is 3. The molecule has 0 aromatic carbocycles. The van der Waals surface area contributed by atoms with Crippen LogP contribution >= 0.6 is 15.9 Å². The van der Waals surface area contributed by atoms with Crippen molar-refractivity contribution in [3.8, 4) is 11.5 Å². The van der Waals surface area contributed by atoms with Gasteiger partial charge >= 0.3 is 0 Å². The summed E-state index contributed by atoms with van der Waals surface area (Å²) >= 11 is 3.27. The highest BCUT2D eigenvalue weighted by Crippen LogP contribution is 2.26. The van der Waals surface area contributed by atoms with Gasteiger partial charge in [0.1, 0.15) is 16.1 Å². The van der Waals surface area contributed by atoms with E-state index in [0.29, 0.717) is 22.3 Å². The summed E-state index contributed by atoms with van der Waals surface area (Å²) in [5.41, 5.74) is 0.611. The van der Waals surface area contributed by atoms with Gasteiger partial charge in [0.2, 0.25) is 0 Å². The van der Waals surface area contributed by atoms with E-state index in [-0.39, 0.29) is 5.82 Å². The second kappa shape index (κ2) is 3.42. The predicted molar refractivity (Wildman–Crippen MR) is 54.1 cm³/mol. The smallest absolute Gasteiger partial charge is 0.185 e. The number of nitrogens with zero attached hydrogens (tertiary/aromatic N) is 1. The van der Waals surface area contributed by atoms with Gasteiger partial charge in [-0.1, -0.05) is 0 Å². The van der Waals surface area contributed by atoms with E-state index in [0.717, 1.165) is 5.76 Å². The zero-order valence-electron chi connectivity index (χ0n) is 7.37. The van der Waals surface area contributed by atoms with Gasteiger partial charge in [-0.25, -0.2) is 4.98 Å². The minimum Gasteiger partial charge on any atom is -0.460 e. The Hall–Kier alpha value is -1.36. The number of carbonyl (C=O) groups is 1. The van der Waals surface area contributed by atoms with Crippen LogP contribution in [0.3, 0.4) is 0 Å². The lowest BCUT2D eigenvalue weighted by atomic mass is 10.3. The highest BCUT2D eigenvalue weighted by Gasteiger charge is 2.12. The molecule has 0 spiro atoms. The van der Waals surface area contributed by atoms with Crippen molar-refractivity contribution in [3.05, 3.63) is 28.3 Å². The molecule has 0 aliphatic heterocycles. The molecule has 0 saturated carbocycles. The summed E-state index contributed by atoms with van der Waals surface area (Å²) in [6, 6.07) is 3.65. The number of aromatic nitrogens is 2. The molecule has 0 atom stereocenters. The van der Waals surface area contributed by atoms with Crippen molar-refractivity contribution >= 4 is 22.2 Å². The average Bonchev–Trinajstić information content (AvgIpc) is 2.71. The van der Waals surface area contributed by atoms with E-state index in [1.54, 1.807) is 0 Å². The first-order valence-electron chi connectivity index (χ1n) is 3.98. The minimum atomic E-state index is 0.279. The summed E-state index contributed by atoms with van der Waals surface area (Å²) in [7, 11) is 0. The molecule has 2 heterocycles. The van der Waals surface area contributed by atoms with Crippen LogP contribution in [0.1, 0.15) is 16.4 Å². The van der Waals surface area contributed by atoms with E-state index >= 15 is 0 Å². The van der Waals surface area contributed by atoms with E-state index in [9.17, 15) is 4.79 Å². The van der Waals surface area contributed by atoms with Crippen molar-refractivity contribution < 1.29 is 9.21 Å². The van der Waals surface area contributed by atoms with Crippen LogP contribution in [-0.4, -0.2) is 16.3 Å². The van der Waals surface area contributed by atoms with Crippen molar-refractivity contribution in [2.24, 2.45) is 0 Å². The first kappa shape index (κ1) is 9.21.